The highest BCUT2D eigenvalue weighted by atomic mass is 19.4. The average Bonchev–Trinajstić information content (AvgIpc) is 2.28. The van der Waals surface area contributed by atoms with Crippen molar-refractivity contribution >= 4 is 11.9 Å². The van der Waals surface area contributed by atoms with Crippen LogP contribution in [0.2, 0.25) is 0 Å². The molecule has 1 aromatic carbocycles. The first-order valence-electron chi connectivity index (χ1n) is 4.37. The number of halogens is 4. The monoisotopic (exact) mass is 268 g/mol. The molecule has 0 heterocycles. The van der Waals surface area contributed by atoms with Gasteiger partial charge in [0.25, 0.3) is 0 Å². The lowest BCUT2D eigenvalue weighted by Crippen LogP contribution is -2.08. The predicted octanol–water partition coefficient (Wildman–Crippen LogP) is 2.60. The third-order valence-corrected chi connectivity index (χ3v) is 1.54. The largest absolute Gasteiger partial charge is 0.478 e. The normalized spacial score (nSPS) is 10.2. The van der Waals surface area contributed by atoms with Crippen molar-refractivity contribution in [2.75, 3.05) is 6.67 Å². The van der Waals surface area contributed by atoms with Gasteiger partial charge in [-0.05, 0) is 12.1 Å². The number of hydrogen-bond acceptors (Lipinski definition) is 2. The first-order chi connectivity index (χ1) is 8.19. The fraction of sp³-hybridized carbons (Fsp3) is 0.200. The van der Waals surface area contributed by atoms with Crippen LogP contribution in [0.1, 0.15) is 20.7 Å². The first-order valence-corrected chi connectivity index (χ1v) is 4.37. The third kappa shape index (κ3) is 5.83. The molecule has 0 amide bonds. The van der Waals surface area contributed by atoms with Crippen LogP contribution in [-0.4, -0.2) is 35.0 Å². The van der Waals surface area contributed by atoms with Crippen molar-refractivity contribution in [1.29, 1.82) is 0 Å². The van der Waals surface area contributed by atoms with Gasteiger partial charge in [-0.2, -0.15) is 13.2 Å². The fourth-order valence-electron chi connectivity index (χ4n) is 0.856. The number of carboxylic acids is 2. The summed E-state index contributed by atoms with van der Waals surface area (Å²) in [5, 5.41) is 17.1. The number of rotatable bonds is 2. The van der Waals surface area contributed by atoms with Gasteiger partial charge in [0.05, 0.1) is 11.1 Å². The third-order valence-electron chi connectivity index (χ3n) is 1.54. The average molecular weight is 268 g/mol. The van der Waals surface area contributed by atoms with Crippen molar-refractivity contribution in [2.45, 2.75) is 6.18 Å². The van der Waals surface area contributed by atoms with E-state index in [2.05, 4.69) is 0 Å². The Morgan fingerprint density at radius 1 is 1.00 bits per heavy atom. The Hall–Kier alpha value is -2.12. The van der Waals surface area contributed by atoms with Crippen LogP contribution in [0.25, 0.3) is 0 Å². The molecule has 0 saturated carbocycles. The quantitative estimate of drug-likeness (QED) is 0.808. The smallest absolute Gasteiger partial charge is 0.416 e. The van der Waals surface area contributed by atoms with E-state index in [0.717, 1.165) is 0 Å². The second-order valence-corrected chi connectivity index (χ2v) is 2.90. The van der Waals surface area contributed by atoms with Crippen LogP contribution in [0, 0.1) is 0 Å². The van der Waals surface area contributed by atoms with E-state index in [1.54, 1.807) is 0 Å². The SMILES string of the molecule is FCC(F)(F)F.O=C(O)c1ccccc1C(=O)O. The van der Waals surface area contributed by atoms with Crippen LogP contribution in [-0.2, 0) is 0 Å². The first kappa shape index (κ1) is 15.9. The number of carbonyl (C=O) groups is 2. The molecule has 1 rings (SSSR count). The van der Waals surface area contributed by atoms with Gasteiger partial charge in [-0.1, -0.05) is 12.1 Å². The maximum absolute atomic E-state index is 10.5. The summed E-state index contributed by atoms with van der Waals surface area (Å²) >= 11 is 0. The molecule has 0 aliphatic heterocycles. The molecule has 1 aromatic rings. The zero-order valence-corrected chi connectivity index (χ0v) is 8.74. The van der Waals surface area contributed by atoms with Crippen molar-refractivity contribution in [3.63, 3.8) is 0 Å². The van der Waals surface area contributed by atoms with E-state index in [-0.39, 0.29) is 11.1 Å². The van der Waals surface area contributed by atoms with Crippen LogP contribution in [0.4, 0.5) is 17.6 Å². The predicted molar refractivity (Wildman–Crippen MR) is 52.4 cm³/mol. The van der Waals surface area contributed by atoms with Gasteiger partial charge in [-0.15, -0.1) is 0 Å². The molecule has 0 radical (unpaired) electrons. The molecule has 0 saturated heterocycles. The van der Waals surface area contributed by atoms with E-state index in [9.17, 15) is 27.2 Å². The van der Waals surface area contributed by atoms with Crippen molar-refractivity contribution in [1.82, 2.24) is 0 Å². The van der Waals surface area contributed by atoms with E-state index in [4.69, 9.17) is 10.2 Å². The molecular weight excluding hydrogens is 260 g/mol. The summed E-state index contributed by atoms with van der Waals surface area (Å²) in [6.45, 7) is -2.23. The zero-order valence-electron chi connectivity index (χ0n) is 8.74. The Kier molecular flexibility index (Phi) is 5.80. The summed E-state index contributed by atoms with van der Waals surface area (Å²) in [6, 6.07) is 5.48. The van der Waals surface area contributed by atoms with E-state index in [1.165, 1.54) is 24.3 Å². The number of carboxylic acid groups (broad SMARTS) is 2. The van der Waals surface area contributed by atoms with Gasteiger partial charge in [-0.25, -0.2) is 14.0 Å². The highest BCUT2D eigenvalue weighted by molar-refractivity contribution is 6.01. The second-order valence-electron chi connectivity index (χ2n) is 2.90. The molecule has 0 bridgehead atoms. The summed E-state index contributed by atoms with van der Waals surface area (Å²) in [5.74, 6) is -2.46. The zero-order chi connectivity index (χ0) is 14.3. The molecule has 0 atom stereocenters. The highest BCUT2D eigenvalue weighted by Gasteiger charge is 2.26. The Morgan fingerprint density at radius 3 is 1.44 bits per heavy atom. The van der Waals surface area contributed by atoms with Crippen molar-refractivity contribution in [3.8, 4) is 0 Å². The van der Waals surface area contributed by atoms with Gasteiger partial charge < -0.3 is 10.2 Å². The minimum atomic E-state index is -4.62. The minimum Gasteiger partial charge on any atom is -0.478 e. The summed E-state index contributed by atoms with van der Waals surface area (Å²) in [5.41, 5.74) is -0.380. The Balaban J connectivity index is 0.000000411. The van der Waals surface area contributed by atoms with Gasteiger partial charge in [0.15, 0.2) is 6.67 Å². The van der Waals surface area contributed by atoms with Gasteiger partial charge >= 0.3 is 18.1 Å². The summed E-state index contributed by atoms with van der Waals surface area (Å²) in [7, 11) is 0. The lowest BCUT2D eigenvalue weighted by Gasteiger charge is -1.98. The van der Waals surface area contributed by atoms with Crippen LogP contribution in [0.5, 0.6) is 0 Å². The van der Waals surface area contributed by atoms with Crippen LogP contribution in [0.15, 0.2) is 24.3 Å². The molecule has 0 aliphatic carbocycles. The molecule has 0 aliphatic rings. The second kappa shape index (κ2) is 6.58. The van der Waals surface area contributed by atoms with E-state index in [1.807, 2.05) is 0 Å². The van der Waals surface area contributed by atoms with Gasteiger partial charge in [0.1, 0.15) is 0 Å². The molecule has 4 nitrogen and oxygen atoms in total. The standard InChI is InChI=1S/C8H6O4.C2H2F4/c9-7(10)5-3-1-2-4-6(5)8(11)12;3-1-2(4,5)6/h1-4H,(H,9,10)(H,11,12);1H2. The number of aromatic carboxylic acids is 2. The van der Waals surface area contributed by atoms with Gasteiger partial charge in [0.2, 0.25) is 0 Å². The molecule has 0 aromatic heterocycles. The Labute approximate surface area is 98.5 Å². The number of benzene rings is 1. The maximum Gasteiger partial charge on any atom is 0.416 e. The summed E-state index contributed by atoms with van der Waals surface area (Å²) < 4.78 is 41.6. The molecule has 0 spiro atoms. The van der Waals surface area contributed by atoms with E-state index >= 15 is 0 Å². The molecular formula is C10H8F4O4. The topological polar surface area (TPSA) is 74.6 Å². The molecule has 0 unspecified atom stereocenters. The van der Waals surface area contributed by atoms with Crippen LogP contribution >= 0.6 is 0 Å². The minimum absolute atomic E-state index is 0.190. The van der Waals surface area contributed by atoms with Crippen molar-refractivity contribution < 1.29 is 37.4 Å². The lowest BCUT2D eigenvalue weighted by atomic mass is 10.1. The molecule has 8 heteroatoms. The Bertz CT molecular complexity index is 395. The molecule has 100 valence electrons. The summed E-state index contributed by atoms with van der Waals surface area (Å²) in [4.78, 5) is 20.9. The van der Waals surface area contributed by atoms with Gasteiger partial charge in [0, 0.05) is 0 Å². The van der Waals surface area contributed by atoms with E-state index < -0.39 is 24.8 Å². The highest BCUT2D eigenvalue weighted by Crippen LogP contribution is 2.13. The maximum atomic E-state index is 10.5. The van der Waals surface area contributed by atoms with Crippen molar-refractivity contribution in [2.24, 2.45) is 0 Å². The number of hydrogen-bond donors (Lipinski definition) is 2. The van der Waals surface area contributed by atoms with Crippen LogP contribution < -0.4 is 0 Å². The fourth-order valence-corrected chi connectivity index (χ4v) is 0.856. The molecule has 2 N–H and O–H groups in total. The Morgan fingerprint density at radius 2 is 1.28 bits per heavy atom. The van der Waals surface area contributed by atoms with Crippen LogP contribution in [0.3, 0.4) is 0 Å². The van der Waals surface area contributed by atoms with Crippen molar-refractivity contribution in [3.05, 3.63) is 35.4 Å². The summed E-state index contributed by atoms with van der Waals surface area (Å²) in [6.07, 6.45) is -4.62. The van der Waals surface area contributed by atoms with Gasteiger partial charge in [-0.3, -0.25) is 0 Å². The molecule has 18 heavy (non-hydrogen) atoms. The molecule has 0 fully saturated rings. The lowest BCUT2D eigenvalue weighted by molar-refractivity contribution is -0.142. The van der Waals surface area contributed by atoms with E-state index in [0.29, 0.717) is 0 Å². The number of alkyl halides is 4.